The Labute approximate surface area is 168 Å². The Morgan fingerprint density at radius 2 is 1.54 bits per heavy atom. The summed E-state index contributed by atoms with van der Waals surface area (Å²) in [5.41, 5.74) is 3.17. The number of hydrogen-bond donors (Lipinski definition) is 1. The minimum absolute atomic E-state index is 0.0890. The highest BCUT2D eigenvalue weighted by atomic mass is 32.2. The number of benzene rings is 2. The van der Waals surface area contributed by atoms with E-state index in [2.05, 4.69) is 16.9 Å². The molecule has 7 heteroatoms. The average Bonchev–Trinajstić information content (AvgIpc) is 2.70. The van der Waals surface area contributed by atoms with Gasteiger partial charge in [0.25, 0.3) is 0 Å². The van der Waals surface area contributed by atoms with E-state index < -0.39 is 10.0 Å². The van der Waals surface area contributed by atoms with Crippen LogP contribution in [0.25, 0.3) is 0 Å². The van der Waals surface area contributed by atoms with Crippen LogP contribution < -0.4 is 9.62 Å². The molecule has 0 saturated heterocycles. The van der Waals surface area contributed by atoms with Crippen molar-refractivity contribution in [1.82, 2.24) is 9.62 Å². The van der Waals surface area contributed by atoms with E-state index in [-0.39, 0.29) is 10.8 Å². The normalized spacial score (nSPS) is 11.3. The molecular formula is C21H29N3O3S. The Bertz CT molecular complexity index is 876. The molecule has 0 saturated carbocycles. The van der Waals surface area contributed by atoms with E-state index in [1.807, 2.05) is 43.0 Å². The molecule has 2 aromatic carbocycles. The molecule has 0 bridgehead atoms. The predicted octanol–water partition coefficient (Wildman–Crippen LogP) is 2.64. The van der Waals surface area contributed by atoms with Gasteiger partial charge < -0.3 is 9.80 Å². The molecule has 0 radical (unpaired) electrons. The van der Waals surface area contributed by atoms with Gasteiger partial charge in [0.1, 0.15) is 0 Å². The summed E-state index contributed by atoms with van der Waals surface area (Å²) in [5, 5.41) is 0. The van der Waals surface area contributed by atoms with E-state index in [0.717, 1.165) is 16.8 Å². The van der Waals surface area contributed by atoms with Crippen molar-refractivity contribution in [1.29, 1.82) is 0 Å². The van der Waals surface area contributed by atoms with E-state index in [9.17, 15) is 13.2 Å². The number of amides is 1. The Hall–Kier alpha value is -2.38. The van der Waals surface area contributed by atoms with Crippen LogP contribution in [0.3, 0.4) is 0 Å². The van der Waals surface area contributed by atoms with Crippen LogP contribution in [0.5, 0.6) is 0 Å². The number of anilines is 1. The summed E-state index contributed by atoms with van der Waals surface area (Å²) in [6.45, 7) is 3.21. The standard InChI is InChI=1S/C21H29N3O3S/c1-5-24(16-18-6-11-19(12-7-18)23(3)4)21(25)15-10-17-8-13-20(14-9-17)28(26,27)22-2/h6-9,11-14,22H,5,10,15-16H2,1-4H3. The van der Waals surface area contributed by atoms with Crippen molar-refractivity contribution in [2.45, 2.75) is 31.2 Å². The first-order valence-corrected chi connectivity index (χ1v) is 10.8. The maximum atomic E-state index is 12.6. The zero-order chi connectivity index (χ0) is 20.7. The highest BCUT2D eigenvalue weighted by Crippen LogP contribution is 2.15. The molecule has 2 rings (SSSR count). The van der Waals surface area contributed by atoms with Crippen LogP contribution in [-0.4, -0.2) is 46.9 Å². The molecule has 1 N–H and O–H groups in total. The Morgan fingerprint density at radius 3 is 2.04 bits per heavy atom. The van der Waals surface area contributed by atoms with Gasteiger partial charge in [0, 0.05) is 39.3 Å². The summed E-state index contributed by atoms with van der Waals surface area (Å²) >= 11 is 0. The lowest BCUT2D eigenvalue weighted by Gasteiger charge is -2.22. The molecule has 0 spiro atoms. The van der Waals surface area contributed by atoms with Gasteiger partial charge >= 0.3 is 0 Å². The number of aryl methyl sites for hydroxylation is 1. The maximum absolute atomic E-state index is 12.6. The van der Waals surface area contributed by atoms with E-state index in [1.165, 1.54) is 7.05 Å². The summed E-state index contributed by atoms with van der Waals surface area (Å²) in [5.74, 6) is 0.0890. The SMILES string of the molecule is CCN(Cc1ccc(N(C)C)cc1)C(=O)CCc1ccc(S(=O)(=O)NC)cc1. The molecule has 0 aliphatic rings. The summed E-state index contributed by atoms with van der Waals surface area (Å²) in [6, 6.07) is 14.8. The topological polar surface area (TPSA) is 69.7 Å². The average molecular weight is 404 g/mol. The fraction of sp³-hybridized carbons (Fsp3) is 0.381. The second-order valence-electron chi connectivity index (χ2n) is 6.82. The number of nitrogens with zero attached hydrogens (tertiary/aromatic N) is 2. The summed E-state index contributed by atoms with van der Waals surface area (Å²) < 4.78 is 25.8. The van der Waals surface area contributed by atoms with Gasteiger partial charge in [0.2, 0.25) is 15.9 Å². The minimum Gasteiger partial charge on any atom is -0.378 e. The second kappa shape index (κ2) is 9.71. The van der Waals surface area contributed by atoms with E-state index in [4.69, 9.17) is 0 Å². The molecule has 28 heavy (non-hydrogen) atoms. The molecule has 0 aliphatic heterocycles. The smallest absolute Gasteiger partial charge is 0.240 e. The quantitative estimate of drug-likeness (QED) is 0.699. The van der Waals surface area contributed by atoms with Crippen molar-refractivity contribution in [3.63, 3.8) is 0 Å². The fourth-order valence-electron chi connectivity index (χ4n) is 2.86. The number of sulfonamides is 1. The van der Waals surface area contributed by atoms with Crippen molar-refractivity contribution in [2.75, 3.05) is 32.6 Å². The summed E-state index contributed by atoms with van der Waals surface area (Å²) in [7, 11) is 1.94. The molecule has 0 unspecified atom stereocenters. The van der Waals surface area contributed by atoms with Crippen molar-refractivity contribution in [2.24, 2.45) is 0 Å². The van der Waals surface area contributed by atoms with Crippen molar-refractivity contribution >= 4 is 21.6 Å². The highest BCUT2D eigenvalue weighted by molar-refractivity contribution is 7.89. The zero-order valence-corrected chi connectivity index (χ0v) is 17.8. The van der Waals surface area contributed by atoms with Gasteiger partial charge in [-0.3, -0.25) is 4.79 Å². The Morgan fingerprint density at radius 1 is 0.964 bits per heavy atom. The lowest BCUT2D eigenvalue weighted by molar-refractivity contribution is -0.131. The molecular weight excluding hydrogens is 374 g/mol. The number of carbonyl (C=O) groups is 1. The van der Waals surface area contributed by atoms with Gasteiger partial charge in [-0.15, -0.1) is 0 Å². The van der Waals surface area contributed by atoms with Gasteiger partial charge in [-0.2, -0.15) is 0 Å². The zero-order valence-electron chi connectivity index (χ0n) is 17.0. The van der Waals surface area contributed by atoms with Gasteiger partial charge in [-0.05, 0) is 55.8 Å². The molecule has 2 aromatic rings. The van der Waals surface area contributed by atoms with E-state index in [0.29, 0.717) is 25.9 Å². The van der Waals surface area contributed by atoms with Crippen molar-refractivity contribution in [3.8, 4) is 0 Å². The molecule has 6 nitrogen and oxygen atoms in total. The van der Waals surface area contributed by atoms with Crippen LogP contribution in [-0.2, 0) is 27.8 Å². The number of hydrogen-bond acceptors (Lipinski definition) is 4. The van der Waals surface area contributed by atoms with Gasteiger partial charge in [0.05, 0.1) is 4.90 Å². The lowest BCUT2D eigenvalue weighted by Crippen LogP contribution is -2.30. The minimum atomic E-state index is -3.43. The Balaban J connectivity index is 1.94. The highest BCUT2D eigenvalue weighted by Gasteiger charge is 2.14. The number of rotatable bonds is 9. The third-order valence-corrected chi connectivity index (χ3v) is 6.12. The first-order valence-electron chi connectivity index (χ1n) is 9.33. The summed E-state index contributed by atoms with van der Waals surface area (Å²) in [4.78, 5) is 16.7. The first kappa shape index (κ1) is 21.9. The van der Waals surface area contributed by atoms with Crippen LogP contribution >= 0.6 is 0 Å². The van der Waals surface area contributed by atoms with Crippen LogP contribution in [0.15, 0.2) is 53.4 Å². The number of nitrogens with one attached hydrogen (secondary N) is 1. The van der Waals surface area contributed by atoms with Crippen LogP contribution in [0.1, 0.15) is 24.5 Å². The molecule has 0 aromatic heterocycles. The first-order chi connectivity index (χ1) is 13.3. The van der Waals surface area contributed by atoms with Crippen LogP contribution in [0.2, 0.25) is 0 Å². The van der Waals surface area contributed by atoms with Crippen molar-refractivity contribution < 1.29 is 13.2 Å². The molecule has 1 amide bonds. The lowest BCUT2D eigenvalue weighted by atomic mass is 10.1. The van der Waals surface area contributed by atoms with E-state index >= 15 is 0 Å². The molecule has 0 aliphatic carbocycles. The van der Waals surface area contributed by atoms with Crippen LogP contribution in [0, 0.1) is 0 Å². The third-order valence-electron chi connectivity index (χ3n) is 4.69. The predicted molar refractivity (Wildman–Crippen MR) is 113 cm³/mol. The molecule has 152 valence electrons. The maximum Gasteiger partial charge on any atom is 0.240 e. The molecule has 0 heterocycles. The Kier molecular flexibility index (Phi) is 7.60. The molecule has 0 atom stereocenters. The fourth-order valence-corrected chi connectivity index (χ4v) is 3.59. The third kappa shape index (κ3) is 5.81. The van der Waals surface area contributed by atoms with Crippen molar-refractivity contribution in [3.05, 3.63) is 59.7 Å². The largest absolute Gasteiger partial charge is 0.378 e. The van der Waals surface area contributed by atoms with E-state index in [1.54, 1.807) is 24.3 Å². The molecule has 0 fully saturated rings. The van der Waals surface area contributed by atoms with Gasteiger partial charge in [0.15, 0.2) is 0 Å². The second-order valence-corrected chi connectivity index (χ2v) is 8.71. The van der Waals surface area contributed by atoms with Gasteiger partial charge in [-0.25, -0.2) is 13.1 Å². The van der Waals surface area contributed by atoms with Crippen LogP contribution in [0.4, 0.5) is 5.69 Å². The summed E-state index contributed by atoms with van der Waals surface area (Å²) in [6.07, 6.45) is 0.969. The monoisotopic (exact) mass is 403 g/mol. The number of carbonyl (C=O) groups excluding carboxylic acids is 1. The van der Waals surface area contributed by atoms with Gasteiger partial charge in [-0.1, -0.05) is 24.3 Å².